The molecule has 4 aromatic rings. The van der Waals surface area contributed by atoms with Gasteiger partial charge in [0.2, 0.25) is 0 Å². The molecule has 0 atom stereocenters. The van der Waals surface area contributed by atoms with Crippen molar-refractivity contribution >= 4 is 21.8 Å². The summed E-state index contributed by atoms with van der Waals surface area (Å²) in [6.45, 7) is 4.64. The second-order valence-electron chi connectivity index (χ2n) is 6.94. The van der Waals surface area contributed by atoms with Crippen LogP contribution in [0.4, 0.5) is 0 Å². The van der Waals surface area contributed by atoms with Crippen molar-refractivity contribution in [3.63, 3.8) is 0 Å². The van der Waals surface area contributed by atoms with E-state index in [0.29, 0.717) is 0 Å². The molecule has 0 fully saturated rings. The maximum atomic E-state index is 6.38. The summed E-state index contributed by atoms with van der Waals surface area (Å²) in [6.07, 6.45) is 0. The highest BCUT2D eigenvalue weighted by molar-refractivity contribution is 6.13. The van der Waals surface area contributed by atoms with Gasteiger partial charge in [0, 0.05) is 16.2 Å². The smallest absolute Gasteiger partial charge is 0.0707 e. The Bertz CT molecular complexity index is 1100. The highest BCUT2D eigenvalue weighted by Crippen LogP contribution is 2.52. The lowest BCUT2D eigenvalue weighted by molar-refractivity contribution is 0.666. The fourth-order valence-electron chi connectivity index (χ4n) is 4.36. The molecule has 1 aliphatic carbocycles. The second kappa shape index (κ2) is 3.96. The van der Waals surface area contributed by atoms with E-state index in [1.54, 1.807) is 0 Å². The minimum atomic E-state index is -0.0183. The molecule has 23 heavy (non-hydrogen) atoms. The van der Waals surface area contributed by atoms with Gasteiger partial charge >= 0.3 is 0 Å². The minimum absolute atomic E-state index is 0.0183. The molecule has 1 aromatic heterocycles. The van der Waals surface area contributed by atoms with Crippen LogP contribution in [0.25, 0.3) is 32.9 Å². The monoisotopic (exact) mass is 298 g/mol. The standard InChI is InChI=1S/C21H18N2/c1-21(2)16-9-5-3-7-13(16)14-11-12-18-19(20(14)21)15-8-4-6-10-17(15)23(18)22/h3-12H,22H2,1-2H3. The van der Waals surface area contributed by atoms with Gasteiger partial charge in [-0.1, -0.05) is 62.4 Å². The molecule has 0 spiro atoms. The van der Waals surface area contributed by atoms with E-state index in [1.165, 1.54) is 33.0 Å². The van der Waals surface area contributed by atoms with Gasteiger partial charge in [-0.15, -0.1) is 0 Å². The number of nitrogens with two attached hydrogens (primary N) is 1. The number of aromatic nitrogens is 1. The molecule has 5 rings (SSSR count). The summed E-state index contributed by atoms with van der Waals surface area (Å²) >= 11 is 0. The molecule has 0 radical (unpaired) electrons. The van der Waals surface area contributed by atoms with Crippen molar-refractivity contribution in [2.75, 3.05) is 5.84 Å². The number of hydrogen-bond donors (Lipinski definition) is 1. The SMILES string of the molecule is CC1(C)c2ccccc2-c2ccc3c(c21)c1ccccc1n3N. The number of hydrogen-bond acceptors (Lipinski definition) is 1. The molecule has 0 aliphatic heterocycles. The largest absolute Gasteiger partial charge is 0.339 e. The average Bonchev–Trinajstić information content (AvgIpc) is 2.99. The normalized spacial score (nSPS) is 15.0. The summed E-state index contributed by atoms with van der Waals surface area (Å²) in [6, 6.07) is 21.5. The van der Waals surface area contributed by atoms with E-state index < -0.39 is 0 Å². The molecule has 0 unspecified atom stereocenters. The molecule has 2 N–H and O–H groups in total. The molecular weight excluding hydrogens is 280 g/mol. The quantitative estimate of drug-likeness (QED) is 0.464. The van der Waals surface area contributed by atoms with Crippen LogP contribution < -0.4 is 5.84 Å². The molecule has 0 saturated carbocycles. The lowest BCUT2D eigenvalue weighted by atomic mass is 9.80. The maximum Gasteiger partial charge on any atom is 0.0707 e. The molecular formula is C21H18N2. The predicted octanol–water partition coefficient (Wildman–Crippen LogP) is 4.81. The highest BCUT2D eigenvalue weighted by Gasteiger charge is 2.37. The zero-order valence-corrected chi connectivity index (χ0v) is 13.3. The molecule has 3 aromatic carbocycles. The van der Waals surface area contributed by atoms with Crippen LogP contribution in [-0.2, 0) is 5.41 Å². The molecule has 0 amide bonds. The summed E-state index contributed by atoms with van der Waals surface area (Å²) in [4.78, 5) is 0. The molecule has 2 nitrogen and oxygen atoms in total. The van der Waals surface area contributed by atoms with Crippen molar-refractivity contribution in [3.8, 4) is 11.1 Å². The van der Waals surface area contributed by atoms with Crippen LogP contribution in [0.3, 0.4) is 0 Å². The van der Waals surface area contributed by atoms with Crippen LogP contribution in [0, 0.1) is 0 Å². The van der Waals surface area contributed by atoms with Crippen molar-refractivity contribution in [2.24, 2.45) is 0 Å². The van der Waals surface area contributed by atoms with E-state index in [9.17, 15) is 0 Å². The molecule has 1 heterocycles. The number of nitrogens with zero attached hydrogens (tertiary/aromatic N) is 1. The Morgan fingerprint density at radius 2 is 1.52 bits per heavy atom. The Kier molecular flexibility index (Phi) is 2.20. The fourth-order valence-corrected chi connectivity index (χ4v) is 4.36. The predicted molar refractivity (Wildman–Crippen MR) is 97.2 cm³/mol. The van der Waals surface area contributed by atoms with Crippen LogP contribution in [0.5, 0.6) is 0 Å². The minimum Gasteiger partial charge on any atom is -0.339 e. The van der Waals surface area contributed by atoms with E-state index in [2.05, 4.69) is 68.4 Å². The first-order chi connectivity index (χ1) is 11.1. The van der Waals surface area contributed by atoms with E-state index in [4.69, 9.17) is 5.84 Å². The maximum absolute atomic E-state index is 6.38. The molecule has 1 aliphatic rings. The van der Waals surface area contributed by atoms with Crippen molar-refractivity contribution in [1.82, 2.24) is 4.68 Å². The van der Waals surface area contributed by atoms with Gasteiger partial charge in [-0.25, -0.2) is 0 Å². The first kappa shape index (κ1) is 12.8. The van der Waals surface area contributed by atoms with Gasteiger partial charge in [0.05, 0.1) is 11.0 Å². The fraction of sp³-hybridized carbons (Fsp3) is 0.143. The number of benzene rings is 3. The third kappa shape index (κ3) is 1.39. The van der Waals surface area contributed by atoms with Crippen LogP contribution in [0.2, 0.25) is 0 Å². The van der Waals surface area contributed by atoms with Crippen molar-refractivity contribution < 1.29 is 0 Å². The van der Waals surface area contributed by atoms with Crippen LogP contribution >= 0.6 is 0 Å². The third-order valence-corrected chi connectivity index (χ3v) is 5.39. The average molecular weight is 298 g/mol. The van der Waals surface area contributed by atoms with Crippen molar-refractivity contribution in [1.29, 1.82) is 0 Å². The Labute approximate surface area is 135 Å². The van der Waals surface area contributed by atoms with Crippen LogP contribution in [0.1, 0.15) is 25.0 Å². The van der Waals surface area contributed by atoms with Gasteiger partial charge in [0.15, 0.2) is 0 Å². The summed E-state index contributed by atoms with van der Waals surface area (Å²) < 4.78 is 1.82. The van der Waals surface area contributed by atoms with Gasteiger partial charge in [-0.2, -0.15) is 0 Å². The first-order valence-corrected chi connectivity index (χ1v) is 8.02. The van der Waals surface area contributed by atoms with Crippen molar-refractivity contribution in [2.45, 2.75) is 19.3 Å². The van der Waals surface area contributed by atoms with Gasteiger partial charge < -0.3 is 5.84 Å². The molecule has 112 valence electrons. The van der Waals surface area contributed by atoms with Gasteiger partial charge in [0.25, 0.3) is 0 Å². The lowest BCUT2D eigenvalue weighted by Crippen LogP contribution is -2.15. The zero-order valence-electron chi connectivity index (χ0n) is 13.3. The highest BCUT2D eigenvalue weighted by atomic mass is 15.3. The topological polar surface area (TPSA) is 30.9 Å². The van der Waals surface area contributed by atoms with E-state index in [0.717, 1.165) is 11.0 Å². The Morgan fingerprint density at radius 3 is 2.39 bits per heavy atom. The molecule has 0 saturated heterocycles. The van der Waals surface area contributed by atoms with Gasteiger partial charge in [0.1, 0.15) is 0 Å². The number of para-hydroxylation sites is 1. The summed E-state index contributed by atoms with van der Waals surface area (Å²) in [5, 5.41) is 2.53. The number of fused-ring (bicyclic) bond motifs is 7. The summed E-state index contributed by atoms with van der Waals surface area (Å²) in [5.74, 6) is 6.38. The van der Waals surface area contributed by atoms with Gasteiger partial charge in [-0.05, 0) is 34.4 Å². The van der Waals surface area contributed by atoms with E-state index >= 15 is 0 Å². The molecule has 2 heteroatoms. The van der Waals surface area contributed by atoms with E-state index in [1.807, 2.05) is 10.7 Å². The first-order valence-electron chi connectivity index (χ1n) is 8.02. The second-order valence-corrected chi connectivity index (χ2v) is 6.94. The van der Waals surface area contributed by atoms with Crippen molar-refractivity contribution in [3.05, 3.63) is 71.8 Å². The Balaban J connectivity index is 2.05. The number of nitrogen functional groups attached to an aromatic ring is 1. The van der Waals surface area contributed by atoms with Crippen LogP contribution in [-0.4, -0.2) is 4.68 Å². The Morgan fingerprint density at radius 1 is 0.783 bits per heavy atom. The lowest BCUT2D eigenvalue weighted by Gasteiger charge is -2.22. The van der Waals surface area contributed by atoms with E-state index in [-0.39, 0.29) is 5.41 Å². The summed E-state index contributed by atoms with van der Waals surface area (Å²) in [7, 11) is 0. The van der Waals surface area contributed by atoms with Crippen LogP contribution in [0.15, 0.2) is 60.7 Å². The third-order valence-electron chi connectivity index (χ3n) is 5.39. The zero-order chi connectivity index (χ0) is 15.8. The Hall–Kier alpha value is -2.74. The summed E-state index contributed by atoms with van der Waals surface area (Å²) in [5.41, 5.74) is 7.66. The molecule has 0 bridgehead atoms. The number of rotatable bonds is 0. The van der Waals surface area contributed by atoms with Gasteiger partial charge in [-0.3, -0.25) is 4.68 Å².